The van der Waals surface area contributed by atoms with E-state index in [9.17, 15) is 9.18 Å². The van der Waals surface area contributed by atoms with Crippen LogP contribution in [0.3, 0.4) is 0 Å². The molecule has 0 saturated carbocycles. The van der Waals surface area contributed by atoms with Gasteiger partial charge >= 0.3 is 5.97 Å². The van der Waals surface area contributed by atoms with Crippen LogP contribution in [0.4, 0.5) is 4.39 Å². The molecule has 0 aliphatic rings. The second kappa shape index (κ2) is 5.68. The number of aryl methyl sites for hydroxylation is 2. The molecule has 5 heteroatoms. The third-order valence-corrected chi connectivity index (χ3v) is 3.76. The number of halogens is 1. The van der Waals surface area contributed by atoms with E-state index in [0.29, 0.717) is 6.42 Å². The van der Waals surface area contributed by atoms with Crippen LogP contribution in [0, 0.1) is 32.5 Å². The number of benzene rings is 1. The standard InChI is InChI=1S/C16H19FN2O2/c1-9-7-13(17)5-6-15(9)19-12(4)14(11(3)18-19)8-10(2)16(20)21/h5-7,10H,8H2,1-4H3,(H,20,21). The number of carboxylic acids is 1. The van der Waals surface area contributed by atoms with Crippen molar-refractivity contribution in [1.82, 2.24) is 9.78 Å². The highest BCUT2D eigenvalue weighted by Gasteiger charge is 2.19. The molecule has 0 radical (unpaired) electrons. The van der Waals surface area contributed by atoms with E-state index in [2.05, 4.69) is 5.10 Å². The molecule has 1 aromatic carbocycles. The summed E-state index contributed by atoms with van der Waals surface area (Å²) in [5.41, 5.74) is 4.25. The summed E-state index contributed by atoms with van der Waals surface area (Å²) < 4.78 is 15.0. The first kappa shape index (κ1) is 15.2. The van der Waals surface area contributed by atoms with E-state index < -0.39 is 11.9 Å². The van der Waals surface area contributed by atoms with E-state index >= 15 is 0 Å². The van der Waals surface area contributed by atoms with Crippen molar-refractivity contribution in [3.8, 4) is 5.69 Å². The van der Waals surface area contributed by atoms with Crippen LogP contribution in [-0.2, 0) is 11.2 Å². The summed E-state index contributed by atoms with van der Waals surface area (Å²) in [6, 6.07) is 4.55. The molecule has 21 heavy (non-hydrogen) atoms. The number of hydrogen-bond donors (Lipinski definition) is 1. The third-order valence-electron chi connectivity index (χ3n) is 3.76. The van der Waals surface area contributed by atoms with Crippen molar-refractivity contribution in [2.24, 2.45) is 5.92 Å². The number of rotatable bonds is 4. The summed E-state index contributed by atoms with van der Waals surface area (Å²) in [7, 11) is 0. The van der Waals surface area contributed by atoms with Gasteiger partial charge in [-0.3, -0.25) is 4.79 Å². The fourth-order valence-corrected chi connectivity index (χ4v) is 2.45. The second-order valence-electron chi connectivity index (χ2n) is 5.44. The molecule has 2 rings (SSSR count). The monoisotopic (exact) mass is 290 g/mol. The van der Waals surface area contributed by atoms with E-state index in [0.717, 1.165) is 28.2 Å². The minimum Gasteiger partial charge on any atom is -0.481 e. The zero-order chi connectivity index (χ0) is 15.7. The maximum atomic E-state index is 13.2. The van der Waals surface area contributed by atoms with Gasteiger partial charge < -0.3 is 5.11 Å². The topological polar surface area (TPSA) is 55.1 Å². The van der Waals surface area contributed by atoms with Gasteiger partial charge in [-0.25, -0.2) is 9.07 Å². The third kappa shape index (κ3) is 2.96. The van der Waals surface area contributed by atoms with Crippen LogP contribution in [0.2, 0.25) is 0 Å². The van der Waals surface area contributed by atoms with Gasteiger partial charge in [0, 0.05) is 5.69 Å². The molecule has 2 aromatic rings. The lowest BCUT2D eigenvalue weighted by molar-refractivity contribution is -0.141. The number of carboxylic acid groups (broad SMARTS) is 1. The highest BCUT2D eigenvalue weighted by Crippen LogP contribution is 2.23. The van der Waals surface area contributed by atoms with Crippen molar-refractivity contribution in [1.29, 1.82) is 0 Å². The van der Waals surface area contributed by atoms with Crippen molar-refractivity contribution in [2.45, 2.75) is 34.1 Å². The maximum absolute atomic E-state index is 13.2. The Morgan fingerprint density at radius 1 is 1.38 bits per heavy atom. The van der Waals surface area contributed by atoms with Crippen LogP contribution in [0.1, 0.15) is 29.4 Å². The number of carbonyl (C=O) groups is 1. The van der Waals surface area contributed by atoms with Crippen molar-refractivity contribution in [2.75, 3.05) is 0 Å². The van der Waals surface area contributed by atoms with E-state index in [1.165, 1.54) is 12.1 Å². The predicted molar refractivity (Wildman–Crippen MR) is 78.2 cm³/mol. The van der Waals surface area contributed by atoms with Gasteiger partial charge in [-0.15, -0.1) is 0 Å². The smallest absolute Gasteiger partial charge is 0.306 e. The molecule has 1 atom stereocenters. The van der Waals surface area contributed by atoms with Crippen LogP contribution < -0.4 is 0 Å². The van der Waals surface area contributed by atoms with Gasteiger partial charge in [-0.2, -0.15) is 5.10 Å². The average Bonchev–Trinajstić information content (AvgIpc) is 2.66. The Morgan fingerprint density at radius 3 is 2.62 bits per heavy atom. The van der Waals surface area contributed by atoms with Gasteiger partial charge in [0.05, 0.1) is 17.3 Å². The molecule has 1 heterocycles. The second-order valence-corrected chi connectivity index (χ2v) is 5.44. The van der Waals surface area contributed by atoms with Gasteiger partial charge in [0.25, 0.3) is 0 Å². The summed E-state index contributed by atoms with van der Waals surface area (Å²) in [5.74, 6) is -1.56. The zero-order valence-corrected chi connectivity index (χ0v) is 12.6. The first-order valence-corrected chi connectivity index (χ1v) is 6.85. The lowest BCUT2D eigenvalue weighted by Gasteiger charge is -2.10. The normalized spacial score (nSPS) is 12.4. The Hall–Kier alpha value is -2.17. The van der Waals surface area contributed by atoms with Crippen LogP contribution in [0.15, 0.2) is 18.2 Å². The molecule has 0 bridgehead atoms. The molecule has 1 aromatic heterocycles. The summed E-state index contributed by atoms with van der Waals surface area (Å²) >= 11 is 0. The quantitative estimate of drug-likeness (QED) is 0.940. The molecule has 112 valence electrons. The summed E-state index contributed by atoms with van der Waals surface area (Å²) in [6.45, 7) is 7.29. The van der Waals surface area contributed by atoms with Crippen LogP contribution in [-0.4, -0.2) is 20.9 Å². The molecule has 4 nitrogen and oxygen atoms in total. The molecule has 1 unspecified atom stereocenters. The number of nitrogens with zero attached hydrogens (tertiary/aromatic N) is 2. The van der Waals surface area contributed by atoms with Gasteiger partial charge in [-0.1, -0.05) is 6.92 Å². The van der Waals surface area contributed by atoms with Crippen molar-refractivity contribution >= 4 is 5.97 Å². The zero-order valence-electron chi connectivity index (χ0n) is 12.6. The van der Waals surface area contributed by atoms with Crippen molar-refractivity contribution in [3.05, 3.63) is 46.5 Å². The van der Waals surface area contributed by atoms with Crippen molar-refractivity contribution < 1.29 is 14.3 Å². The first-order valence-electron chi connectivity index (χ1n) is 6.85. The van der Waals surface area contributed by atoms with Gasteiger partial charge in [-0.05, 0) is 56.5 Å². The molecule has 0 amide bonds. The average molecular weight is 290 g/mol. The molecule has 1 N–H and O–H groups in total. The highest BCUT2D eigenvalue weighted by molar-refractivity contribution is 5.70. The Balaban J connectivity index is 2.45. The fraction of sp³-hybridized carbons (Fsp3) is 0.375. The Labute approximate surface area is 123 Å². The van der Waals surface area contributed by atoms with E-state index in [1.807, 2.05) is 20.8 Å². The molecular weight excluding hydrogens is 271 g/mol. The minimum atomic E-state index is -0.820. The van der Waals surface area contributed by atoms with Gasteiger partial charge in [0.1, 0.15) is 5.82 Å². The van der Waals surface area contributed by atoms with Crippen molar-refractivity contribution in [3.63, 3.8) is 0 Å². The van der Waals surface area contributed by atoms with Gasteiger partial charge in [0.15, 0.2) is 0 Å². The summed E-state index contributed by atoms with van der Waals surface area (Å²) in [4.78, 5) is 11.0. The first-order chi connectivity index (χ1) is 9.81. The molecule has 0 fully saturated rings. The van der Waals surface area contributed by atoms with Gasteiger partial charge in [0.2, 0.25) is 0 Å². The molecule has 0 saturated heterocycles. The lowest BCUT2D eigenvalue weighted by Crippen LogP contribution is -2.13. The van der Waals surface area contributed by atoms with Crippen LogP contribution in [0.5, 0.6) is 0 Å². The van der Waals surface area contributed by atoms with E-state index in [4.69, 9.17) is 5.11 Å². The number of aliphatic carboxylic acids is 1. The van der Waals surface area contributed by atoms with E-state index in [1.54, 1.807) is 17.7 Å². The lowest BCUT2D eigenvalue weighted by atomic mass is 10.00. The fourth-order valence-electron chi connectivity index (χ4n) is 2.45. The minimum absolute atomic E-state index is 0.280. The molecular formula is C16H19FN2O2. The number of hydrogen-bond acceptors (Lipinski definition) is 2. The largest absolute Gasteiger partial charge is 0.481 e. The highest BCUT2D eigenvalue weighted by atomic mass is 19.1. The number of aromatic nitrogens is 2. The van der Waals surface area contributed by atoms with Crippen LogP contribution >= 0.6 is 0 Å². The SMILES string of the molecule is Cc1cc(F)ccc1-n1nc(C)c(CC(C)C(=O)O)c1C. The molecule has 0 spiro atoms. The molecule has 0 aliphatic carbocycles. The Kier molecular flexibility index (Phi) is 4.11. The molecule has 0 aliphatic heterocycles. The van der Waals surface area contributed by atoms with Crippen LogP contribution in [0.25, 0.3) is 5.69 Å². The summed E-state index contributed by atoms with van der Waals surface area (Å²) in [5, 5.41) is 13.5. The summed E-state index contributed by atoms with van der Waals surface area (Å²) in [6.07, 6.45) is 0.438. The predicted octanol–water partition coefficient (Wildman–Crippen LogP) is 3.20. The van der Waals surface area contributed by atoms with E-state index in [-0.39, 0.29) is 5.82 Å². The maximum Gasteiger partial charge on any atom is 0.306 e. The Morgan fingerprint density at radius 2 is 2.05 bits per heavy atom. The Bertz CT molecular complexity index is 692.